The Labute approximate surface area is 150 Å². The quantitative estimate of drug-likeness (QED) is 0.617. The Morgan fingerprint density at radius 2 is 1.64 bits per heavy atom. The Morgan fingerprint density at radius 1 is 0.920 bits per heavy atom. The third kappa shape index (κ3) is 1.43. The van der Waals surface area contributed by atoms with Gasteiger partial charge in [-0.05, 0) is 80.5 Å². The number of fused-ring (bicyclic) bond motifs is 5. The molecular formula is C22H30O3. The van der Waals surface area contributed by atoms with E-state index in [2.05, 4.69) is 13.8 Å². The molecule has 0 radical (unpaired) electrons. The van der Waals surface area contributed by atoms with Crippen molar-refractivity contribution in [2.45, 2.75) is 83.7 Å². The van der Waals surface area contributed by atoms with Gasteiger partial charge in [-0.2, -0.15) is 0 Å². The van der Waals surface area contributed by atoms with Gasteiger partial charge in [-0.1, -0.05) is 13.8 Å². The largest absolute Gasteiger partial charge is 0.458 e. The second-order valence-electron chi connectivity index (χ2n) is 10.8. The molecule has 8 atom stereocenters. The fraction of sp³-hybridized carbons (Fsp3) is 0.909. The maximum atomic E-state index is 13.3. The lowest BCUT2D eigenvalue weighted by atomic mass is 9.45. The van der Waals surface area contributed by atoms with Gasteiger partial charge in [-0.3, -0.25) is 9.59 Å². The van der Waals surface area contributed by atoms with Crippen molar-refractivity contribution in [1.82, 2.24) is 0 Å². The van der Waals surface area contributed by atoms with Gasteiger partial charge in [0.25, 0.3) is 0 Å². The maximum Gasteiger partial charge on any atom is 0.306 e. The number of rotatable bonds is 0. The van der Waals surface area contributed by atoms with Crippen molar-refractivity contribution < 1.29 is 14.3 Å². The van der Waals surface area contributed by atoms with Gasteiger partial charge in [0.15, 0.2) is 0 Å². The normalized spacial score (nSPS) is 61.5. The van der Waals surface area contributed by atoms with Crippen LogP contribution >= 0.6 is 0 Å². The Bertz CT molecular complexity index is 699. The van der Waals surface area contributed by atoms with Crippen LogP contribution in [-0.2, 0) is 14.3 Å². The first-order chi connectivity index (χ1) is 11.9. The van der Waals surface area contributed by atoms with Gasteiger partial charge >= 0.3 is 5.97 Å². The standard InChI is InChI=1S/C22H30O3/c1-19-8-4-16-14(15(19)5-9-21(19)10-6-18(24)25-21)11-17(23)22-12-13(22)3-7-20(16,22)2/h13-16H,3-12H2,1-2H3/t13-,14+,15+,16+,19+,20-,21-,22?/m1/s1. The van der Waals surface area contributed by atoms with E-state index in [-0.39, 0.29) is 27.8 Å². The van der Waals surface area contributed by atoms with E-state index in [9.17, 15) is 9.59 Å². The zero-order valence-corrected chi connectivity index (χ0v) is 15.6. The summed E-state index contributed by atoms with van der Waals surface area (Å²) in [5.41, 5.74) is 0.235. The molecule has 1 saturated heterocycles. The number of Topliss-reactive ketones (excluding diaryl/α,β-unsaturated/α-hetero) is 1. The van der Waals surface area contributed by atoms with Gasteiger partial charge in [-0.15, -0.1) is 0 Å². The molecule has 25 heavy (non-hydrogen) atoms. The molecular weight excluding hydrogens is 312 g/mol. The molecule has 5 aliphatic carbocycles. The number of esters is 1. The van der Waals surface area contributed by atoms with E-state index in [1.807, 2.05) is 0 Å². The lowest BCUT2D eigenvalue weighted by molar-refractivity contribution is -0.176. The molecule has 6 aliphatic rings. The molecule has 1 unspecified atom stereocenters. The predicted molar refractivity (Wildman–Crippen MR) is 92.6 cm³/mol. The van der Waals surface area contributed by atoms with Crippen molar-refractivity contribution >= 4 is 11.8 Å². The van der Waals surface area contributed by atoms with Crippen LogP contribution in [0.5, 0.6) is 0 Å². The van der Waals surface area contributed by atoms with Crippen molar-refractivity contribution in [2.75, 3.05) is 0 Å². The Kier molecular flexibility index (Phi) is 2.54. The minimum atomic E-state index is -0.212. The second-order valence-corrected chi connectivity index (χ2v) is 10.8. The molecule has 0 N–H and O–H groups in total. The molecule has 136 valence electrons. The van der Waals surface area contributed by atoms with Crippen LogP contribution in [0.3, 0.4) is 0 Å². The average Bonchev–Trinajstić information content (AvgIpc) is 2.92. The van der Waals surface area contributed by atoms with Crippen LogP contribution in [0, 0.1) is 39.9 Å². The Morgan fingerprint density at radius 3 is 2.36 bits per heavy atom. The molecule has 1 heterocycles. The van der Waals surface area contributed by atoms with E-state index < -0.39 is 0 Å². The molecule has 0 bridgehead atoms. The minimum Gasteiger partial charge on any atom is -0.458 e. The van der Waals surface area contributed by atoms with Crippen molar-refractivity contribution in [1.29, 1.82) is 0 Å². The van der Waals surface area contributed by atoms with Crippen LogP contribution in [-0.4, -0.2) is 17.4 Å². The second kappa shape index (κ2) is 4.17. The van der Waals surface area contributed by atoms with Crippen molar-refractivity contribution in [2.24, 2.45) is 39.9 Å². The fourth-order valence-electron chi connectivity index (χ4n) is 9.31. The first-order valence-corrected chi connectivity index (χ1v) is 10.6. The SMILES string of the molecule is C[C@]12CC[C@H]3[C@@H](CC(=O)C45C[C@H]4CC[C@]35C)[C@@H]1CC[C@@]21CCC(=O)O1. The van der Waals surface area contributed by atoms with E-state index >= 15 is 0 Å². The lowest BCUT2D eigenvalue weighted by Gasteiger charge is -2.59. The van der Waals surface area contributed by atoms with E-state index in [4.69, 9.17) is 4.74 Å². The summed E-state index contributed by atoms with van der Waals surface area (Å²) in [5.74, 6) is 3.17. The fourth-order valence-corrected chi connectivity index (χ4v) is 9.31. The Balaban J connectivity index is 1.40. The highest BCUT2D eigenvalue weighted by Gasteiger charge is 2.78. The molecule has 5 saturated carbocycles. The molecule has 0 amide bonds. The van der Waals surface area contributed by atoms with E-state index in [0.717, 1.165) is 31.6 Å². The molecule has 3 nitrogen and oxygen atoms in total. The maximum absolute atomic E-state index is 13.3. The van der Waals surface area contributed by atoms with Crippen LogP contribution in [0.4, 0.5) is 0 Å². The molecule has 0 aromatic carbocycles. The third-order valence-electron chi connectivity index (χ3n) is 10.6. The molecule has 3 heteroatoms. The molecule has 0 aromatic rings. The topological polar surface area (TPSA) is 43.4 Å². The minimum absolute atomic E-state index is 0.00579. The highest BCUT2D eigenvalue weighted by atomic mass is 16.6. The smallest absolute Gasteiger partial charge is 0.306 e. The summed E-state index contributed by atoms with van der Waals surface area (Å²) in [6, 6.07) is 0. The van der Waals surface area contributed by atoms with Crippen molar-refractivity contribution in [3.05, 3.63) is 0 Å². The van der Waals surface area contributed by atoms with Crippen molar-refractivity contribution in [3.63, 3.8) is 0 Å². The highest BCUT2D eigenvalue weighted by Crippen LogP contribution is 2.81. The summed E-state index contributed by atoms with van der Waals surface area (Å²) in [6.45, 7) is 4.86. The van der Waals surface area contributed by atoms with Gasteiger partial charge in [0, 0.05) is 23.7 Å². The van der Waals surface area contributed by atoms with Gasteiger partial charge in [0.2, 0.25) is 0 Å². The van der Waals surface area contributed by atoms with Crippen LogP contribution < -0.4 is 0 Å². The third-order valence-corrected chi connectivity index (χ3v) is 10.6. The number of carbonyl (C=O) groups is 2. The molecule has 1 aliphatic heterocycles. The zero-order valence-electron chi connectivity index (χ0n) is 15.6. The first kappa shape index (κ1) is 15.2. The van der Waals surface area contributed by atoms with Gasteiger partial charge in [-0.25, -0.2) is 0 Å². The summed E-state index contributed by atoms with van der Waals surface area (Å²) in [6.07, 6.45) is 10.7. The van der Waals surface area contributed by atoms with Gasteiger partial charge in [0.1, 0.15) is 11.4 Å². The van der Waals surface area contributed by atoms with E-state index in [1.165, 1.54) is 32.1 Å². The van der Waals surface area contributed by atoms with Gasteiger partial charge in [0.05, 0.1) is 0 Å². The summed E-state index contributed by atoms with van der Waals surface area (Å²) in [5, 5.41) is 0. The number of carbonyl (C=O) groups excluding carboxylic acids is 2. The zero-order chi connectivity index (χ0) is 17.2. The van der Waals surface area contributed by atoms with Gasteiger partial charge < -0.3 is 4.74 Å². The van der Waals surface area contributed by atoms with E-state index in [1.54, 1.807) is 0 Å². The summed E-state index contributed by atoms with van der Waals surface area (Å²) in [4.78, 5) is 25.2. The highest BCUT2D eigenvalue weighted by molar-refractivity contribution is 5.91. The lowest BCUT2D eigenvalue weighted by Crippen LogP contribution is -2.57. The average molecular weight is 342 g/mol. The van der Waals surface area contributed by atoms with Crippen LogP contribution in [0.1, 0.15) is 78.1 Å². The number of hydrogen-bond donors (Lipinski definition) is 0. The van der Waals surface area contributed by atoms with Crippen LogP contribution in [0.2, 0.25) is 0 Å². The first-order valence-electron chi connectivity index (χ1n) is 10.6. The van der Waals surface area contributed by atoms with Crippen molar-refractivity contribution in [3.8, 4) is 0 Å². The number of ketones is 1. The van der Waals surface area contributed by atoms with E-state index in [0.29, 0.717) is 30.0 Å². The number of hydrogen-bond acceptors (Lipinski definition) is 3. The molecule has 6 rings (SSSR count). The Hall–Kier alpha value is -0.860. The monoisotopic (exact) mass is 342 g/mol. The number of ether oxygens (including phenoxy) is 1. The summed E-state index contributed by atoms with van der Waals surface area (Å²) in [7, 11) is 0. The summed E-state index contributed by atoms with van der Waals surface area (Å²) >= 11 is 0. The molecule has 2 spiro atoms. The summed E-state index contributed by atoms with van der Waals surface area (Å²) < 4.78 is 6.00. The predicted octanol–water partition coefficient (Wildman–Crippen LogP) is 4.28. The molecule has 6 fully saturated rings. The van der Waals surface area contributed by atoms with Crippen LogP contribution in [0.25, 0.3) is 0 Å². The molecule has 0 aromatic heterocycles. The van der Waals surface area contributed by atoms with Crippen LogP contribution in [0.15, 0.2) is 0 Å².